The van der Waals surface area contributed by atoms with Crippen molar-refractivity contribution in [2.75, 3.05) is 25.0 Å². The summed E-state index contributed by atoms with van der Waals surface area (Å²) in [6.07, 6.45) is 1.04. The number of rotatable bonds is 6. The Balaban J connectivity index is 1.57. The maximum Gasteiger partial charge on any atom is 0.266 e. The summed E-state index contributed by atoms with van der Waals surface area (Å²) < 4.78 is 47.5. The zero-order chi connectivity index (χ0) is 26.3. The van der Waals surface area contributed by atoms with Gasteiger partial charge in [-0.25, -0.2) is 23.1 Å². The molecule has 2 aliphatic rings. The lowest BCUT2D eigenvalue weighted by molar-refractivity contribution is -0.130. The monoisotopic (exact) mass is 510 g/mol. The summed E-state index contributed by atoms with van der Waals surface area (Å²) >= 11 is 0. The van der Waals surface area contributed by atoms with Gasteiger partial charge >= 0.3 is 0 Å². The number of alkyl halides is 2. The first-order valence-corrected chi connectivity index (χ1v) is 12.6. The van der Waals surface area contributed by atoms with Crippen LogP contribution in [-0.2, 0) is 11.2 Å². The Labute approximate surface area is 213 Å². The molecule has 1 amide bonds. The second kappa shape index (κ2) is 10.0. The maximum absolute atomic E-state index is 14.9. The number of benzene rings is 2. The number of carbonyl (C=O) groups is 1. The minimum Gasteiger partial charge on any atom is -0.492 e. The van der Waals surface area contributed by atoms with Gasteiger partial charge in [-0.05, 0) is 31.9 Å². The third-order valence-corrected chi connectivity index (χ3v) is 7.07. The number of ether oxygens (including phenoxy) is 1. The standard InChI is InChI=1S/C28H29F3N4O2/c1-4-23(36)35-11-8-17(9-12-35)21-14-22-25(20-10-13-37-26(20)21)33-16(3)34-28(22)32-15(2)18-6-5-7-19(24(18)29)27(30)31/h5-8,14-15,27H,4,9-13H2,1-3H3,(H,32,33,34)/t15-/m1/s1. The van der Waals surface area contributed by atoms with Gasteiger partial charge in [-0.3, -0.25) is 4.79 Å². The molecule has 2 aromatic carbocycles. The highest BCUT2D eigenvalue weighted by Gasteiger charge is 2.27. The normalized spacial score (nSPS) is 16.0. The van der Waals surface area contributed by atoms with E-state index in [2.05, 4.69) is 16.4 Å². The fourth-order valence-corrected chi connectivity index (χ4v) is 5.15. The van der Waals surface area contributed by atoms with Gasteiger partial charge < -0.3 is 15.0 Å². The zero-order valence-corrected chi connectivity index (χ0v) is 21.1. The predicted octanol–water partition coefficient (Wildman–Crippen LogP) is 6.15. The van der Waals surface area contributed by atoms with Crippen molar-refractivity contribution in [1.29, 1.82) is 0 Å². The van der Waals surface area contributed by atoms with E-state index in [1.54, 1.807) is 13.8 Å². The van der Waals surface area contributed by atoms with Crippen molar-refractivity contribution in [3.63, 3.8) is 0 Å². The average Bonchev–Trinajstić information content (AvgIpc) is 3.38. The molecule has 2 aliphatic heterocycles. The highest BCUT2D eigenvalue weighted by Crippen LogP contribution is 2.42. The van der Waals surface area contributed by atoms with Gasteiger partial charge in [0.1, 0.15) is 23.2 Å². The van der Waals surface area contributed by atoms with Crippen LogP contribution in [0.5, 0.6) is 5.75 Å². The molecule has 0 bridgehead atoms. The molecule has 0 unspecified atom stereocenters. The molecule has 194 valence electrons. The SMILES string of the molecule is CCC(=O)N1CC=C(c2cc3c(N[C@H](C)c4cccc(C(F)F)c4F)nc(C)nc3c3c2OCC3)CC1. The molecule has 3 aromatic rings. The fraction of sp³-hybridized carbons (Fsp3) is 0.393. The molecule has 0 radical (unpaired) electrons. The van der Waals surface area contributed by atoms with Crippen molar-refractivity contribution < 1.29 is 22.7 Å². The van der Waals surface area contributed by atoms with Crippen molar-refractivity contribution in [2.24, 2.45) is 0 Å². The van der Waals surface area contributed by atoms with Crippen LogP contribution in [0.1, 0.15) is 67.2 Å². The number of aryl methyl sites for hydroxylation is 1. The molecule has 1 aromatic heterocycles. The highest BCUT2D eigenvalue weighted by atomic mass is 19.3. The lowest BCUT2D eigenvalue weighted by atomic mass is 9.93. The summed E-state index contributed by atoms with van der Waals surface area (Å²) in [5, 5.41) is 4.01. The Morgan fingerprint density at radius 3 is 2.70 bits per heavy atom. The number of aromatic nitrogens is 2. The lowest BCUT2D eigenvalue weighted by Gasteiger charge is -2.27. The average molecular weight is 511 g/mol. The Bertz CT molecular complexity index is 1410. The molecule has 1 N–H and O–H groups in total. The van der Waals surface area contributed by atoms with Crippen molar-refractivity contribution in [3.05, 3.63) is 64.2 Å². The van der Waals surface area contributed by atoms with Crippen LogP contribution >= 0.6 is 0 Å². The Morgan fingerprint density at radius 1 is 1.22 bits per heavy atom. The largest absolute Gasteiger partial charge is 0.492 e. The van der Waals surface area contributed by atoms with Gasteiger partial charge in [-0.2, -0.15) is 0 Å². The van der Waals surface area contributed by atoms with Crippen molar-refractivity contribution in [1.82, 2.24) is 14.9 Å². The van der Waals surface area contributed by atoms with Gasteiger partial charge in [0.25, 0.3) is 6.43 Å². The van der Waals surface area contributed by atoms with Gasteiger partial charge in [0.05, 0.1) is 23.7 Å². The van der Waals surface area contributed by atoms with Crippen LogP contribution in [0.15, 0.2) is 30.3 Å². The molecular formula is C28H29F3N4O2. The van der Waals surface area contributed by atoms with Crippen LogP contribution in [0.2, 0.25) is 0 Å². The number of hydrogen-bond donors (Lipinski definition) is 1. The van der Waals surface area contributed by atoms with Crippen molar-refractivity contribution >= 4 is 28.2 Å². The molecule has 0 aliphatic carbocycles. The molecule has 0 saturated heterocycles. The molecule has 9 heteroatoms. The Hall–Kier alpha value is -3.62. The molecule has 6 nitrogen and oxygen atoms in total. The third-order valence-electron chi connectivity index (χ3n) is 7.07. The summed E-state index contributed by atoms with van der Waals surface area (Å²) in [5.41, 5.74) is 3.31. The van der Waals surface area contributed by atoms with Crippen LogP contribution in [-0.4, -0.2) is 40.5 Å². The number of carbonyl (C=O) groups excluding carboxylic acids is 1. The van der Waals surface area contributed by atoms with Gasteiger partial charge in [0, 0.05) is 48.0 Å². The van der Waals surface area contributed by atoms with E-state index < -0.39 is 23.8 Å². The Kier molecular flexibility index (Phi) is 6.79. The summed E-state index contributed by atoms with van der Waals surface area (Å²) in [4.78, 5) is 23.3. The first kappa shape index (κ1) is 25.0. The quantitative estimate of drug-likeness (QED) is 0.431. The molecule has 1 atom stereocenters. The van der Waals surface area contributed by atoms with Crippen LogP contribution < -0.4 is 10.1 Å². The second-order valence-corrected chi connectivity index (χ2v) is 9.44. The lowest BCUT2D eigenvalue weighted by Crippen LogP contribution is -2.34. The van der Waals surface area contributed by atoms with Crippen molar-refractivity contribution in [3.8, 4) is 5.75 Å². The number of halogens is 3. The molecule has 3 heterocycles. The zero-order valence-electron chi connectivity index (χ0n) is 21.1. The van der Waals surface area contributed by atoms with E-state index in [0.717, 1.165) is 39.4 Å². The smallest absolute Gasteiger partial charge is 0.266 e. The Morgan fingerprint density at radius 2 is 2.00 bits per heavy atom. The first-order chi connectivity index (χ1) is 17.8. The number of nitrogens with one attached hydrogen (secondary N) is 1. The highest BCUT2D eigenvalue weighted by molar-refractivity contribution is 5.97. The van der Waals surface area contributed by atoms with Crippen LogP contribution in [0.25, 0.3) is 16.5 Å². The van der Waals surface area contributed by atoms with Gasteiger partial charge in [-0.15, -0.1) is 0 Å². The molecule has 0 fully saturated rings. The fourth-order valence-electron chi connectivity index (χ4n) is 5.15. The van der Waals surface area contributed by atoms with Crippen LogP contribution in [0.4, 0.5) is 19.0 Å². The second-order valence-electron chi connectivity index (χ2n) is 9.44. The summed E-state index contributed by atoms with van der Waals surface area (Å²) in [6.45, 7) is 7.09. The number of hydrogen-bond acceptors (Lipinski definition) is 5. The van der Waals surface area contributed by atoms with E-state index in [9.17, 15) is 18.0 Å². The summed E-state index contributed by atoms with van der Waals surface area (Å²) in [5.74, 6) is 1.06. The predicted molar refractivity (Wildman–Crippen MR) is 136 cm³/mol. The van der Waals surface area contributed by atoms with Crippen molar-refractivity contribution in [2.45, 2.75) is 52.5 Å². The maximum atomic E-state index is 14.9. The number of fused-ring (bicyclic) bond motifs is 3. The van der Waals surface area contributed by atoms with E-state index >= 15 is 0 Å². The molecule has 0 saturated carbocycles. The summed E-state index contributed by atoms with van der Waals surface area (Å²) in [6, 6.07) is 5.41. The molecule has 37 heavy (non-hydrogen) atoms. The van der Waals surface area contributed by atoms with Crippen LogP contribution in [0, 0.1) is 12.7 Å². The van der Waals surface area contributed by atoms with Gasteiger partial charge in [0.2, 0.25) is 5.91 Å². The topological polar surface area (TPSA) is 67.4 Å². The minimum atomic E-state index is -2.90. The van der Waals surface area contributed by atoms with E-state index in [1.807, 2.05) is 17.9 Å². The summed E-state index contributed by atoms with van der Waals surface area (Å²) in [7, 11) is 0. The number of anilines is 1. The number of amides is 1. The van der Waals surface area contributed by atoms with E-state index in [0.29, 0.717) is 50.6 Å². The van der Waals surface area contributed by atoms with E-state index in [4.69, 9.17) is 9.72 Å². The molecule has 5 rings (SSSR count). The molecular weight excluding hydrogens is 481 g/mol. The number of nitrogens with zero attached hydrogens (tertiary/aromatic N) is 3. The van der Waals surface area contributed by atoms with Gasteiger partial charge in [0.15, 0.2) is 0 Å². The minimum absolute atomic E-state index is 0.128. The third kappa shape index (κ3) is 4.63. The van der Waals surface area contributed by atoms with E-state index in [-0.39, 0.29) is 11.5 Å². The van der Waals surface area contributed by atoms with E-state index in [1.165, 1.54) is 12.1 Å². The van der Waals surface area contributed by atoms with Crippen LogP contribution in [0.3, 0.4) is 0 Å². The van der Waals surface area contributed by atoms with Gasteiger partial charge in [-0.1, -0.05) is 31.2 Å². The molecule has 0 spiro atoms. The first-order valence-electron chi connectivity index (χ1n) is 12.6.